The van der Waals surface area contributed by atoms with Crippen molar-refractivity contribution in [2.45, 2.75) is 6.10 Å². The van der Waals surface area contributed by atoms with E-state index < -0.39 is 17.7 Å². The molecule has 2 aromatic rings. The Bertz CT molecular complexity index is 517. The molecule has 0 spiro atoms. The quantitative estimate of drug-likeness (QED) is 0.926. The average Bonchev–Trinajstić information content (AvgIpc) is 2.58. The number of aryl methyl sites for hydroxylation is 1. The molecule has 1 atom stereocenters. The molecule has 17 heavy (non-hydrogen) atoms. The highest BCUT2D eigenvalue weighted by Gasteiger charge is 2.24. The first-order valence-corrected chi connectivity index (χ1v) is 5.61. The van der Waals surface area contributed by atoms with E-state index in [4.69, 9.17) is 0 Å². The number of nitrogens with zero attached hydrogens (tertiary/aromatic N) is 2. The molecule has 2 rings (SSSR count). The van der Waals surface area contributed by atoms with Gasteiger partial charge in [-0.15, -0.1) is 0 Å². The third-order valence-corrected chi connectivity index (χ3v) is 3.08. The second kappa shape index (κ2) is 4.54. The van der Waals surface area contributed by atoms with E-state index in [0.717, 1.165) is 12.1 Å². The molecule has 3 nitrogen and oxygen atoms in total. The lowest BCUT2D eigenvalue weighted by Crippen LogP contribution is -2.11. The van der Waals surface area contributed by atoms with Crippen LogP contribution < -0.4 is 0 Å². The highest BCUT2D eigenvalue weighted by molar-refractivity contribution is 9.10. The first-order chi connectivity index (χ1) is 8.02. The minimum Gasteiger partial charge on any atom is -0.382 e. The van der Waals surface area contributed by atoms with Crippen LogP contribution in [-0.2, 0) is 7.05 Å². The Morgan fingerprint density at radius 3 is 2.41 bits per heavy atom. The maximum absolute atomic E-state index is 13.5. The number of rotatable bonds is 2. The van der Waals surface area contributed by atoms with E-state index in [0.29, 0.717) is 10.2 Å². The average molecular weight is 303 g/mol. The van der Waals surface area contributed by atoms with Crippen LogP contribution in [0.2, 0.25) is 0 Å². The second-order valence-corrected chi connectivity index (χ2v) is 4.39. The zero-order valence-electron chi connectivity index (χ0n) is 8.86. The van der Waals surface area contributed by atoms with Crippen molar-refractivity contribution in [3.05, 3.63) is 51.8 Å². The van der Waals surface area contributed by atoms with Gasteiger partial charge in [0.1, 0.15) is 17.7 Å². The van der Waals surface area contributed by atoms with E-state index >= 15 is 0 Å². The fraction of sp³-hybridized carbons (Fsp3) is 0.182. The highest BCUT2D eigenvalue weighted by atomic mass is 79.9. The lowest BCUT2D eigenvalue weighted by Gasteiger charge is -2.13. The van der Waals surface area contributed by atoms with Gasteiger partial charge in [-0.3, -0.25) is 4.68 Å². The SMILES string of the molecule is Cn1ncc(Br)c1C(O)c1c(F)cccc1F. The van der Waals surface area contributed by atoms with Crippen LogP contribution in [0.25, 0.3) is 0 Å². The van der Waals surface area contributed by atoms with Crippen LogP contribution in [0.3, 0.4) is 0 Å². The van der Waals surface area contributed by atoms with Gasteiger partial charge in [0, 0.05) is 7.05 Å². The molecule has 1 heterocycles. The van der Waals surface area contributed by atoms with Gasteiger partial charge in [-0.05, 0) is 28.1 Å². The molecule has 1 N–H and O–H groups in total. The largest absolute Gasteiger partial charge is 0.382 e. The van der Waals surface area contributed by atoms with Gasteiger partial charge in [-0.25, -0.2) is 8.78 Å². The zero-order chi connectivity index (χ0) is 12.6. The van der Waals surface area contributed by atoms with Gasteiger partial charge in [-0.1, -0.05) is 6.07 Å². The Morgan fingerprint density at radius 1 is 1.35 bits per heavy atom. The number of aromatic nitrogens is 2. The van der Waals surface area contributed by atoms with Crippen LogP contribution in [0, 0.1) is 11.6 Å². The van der Waals surface area contributed by atoms with Crippen molar-refractivity contribution in [2.24, 2.45) is 7.05 Å². The van der Waals surface area contributed by atoms with Crippen LogP contribution in [-0.4, -0.2) is 14.9 Å². The van der Waals surface area contributed by atoms with Crippen molar-refractivity contribution >= 4 is 15.9 Å². The van der Waals surface area contributed by atoms with Crippen molar-refractivity contribution in [1.29, 1.82) is 0 Å². The highest BCUT2D eigenvalue weighted by Crippen LogP contribution is 2.30. The molecule has 0 bridgehead atoms. The van der Waals surface area contributed by atoms with Gasteiger partial charge in [0.2, 0.25) is 0 Å². The summed E-state index contributed by atoms with van der Waals surface area (Å²) in [6, 6.07) is 3.46. The van der Waals surface area contributed by atoms with Gasteiger partial charge in [0.05, 0.1) is 21.9 Å². The fourth-order valence-corrected chi connectivity index (χ4v) is 2.20. The lowest BCUT2D eigenvalue weighted by atomic mass is 10.1. The number of benzene rings is 1. The van der Waals surface area contributed by atoms with Crippen LogP contribution in [0.15, 0.2) is 28.9 Å². The summed E-state index contributed by atoms with van der Waals surface area (Å²) in [5, 5.41) is 13.9. The number of hydrogen-bond acceptors (Lipinski definition) is 2. The molecule has 90 valence electrons. The second-order valence-electron chi connectivity index (χ2n) is 3.54. The molecule has 0 aliphatic carbocycles. The Balaban J connectivity index is 2.55. The normalized spacial score (nSPS) is 12.8. The molecule has 6 heteroatoms. The van der Waals surface area contributed by atoms with Gasteiger partial charge < -0.3 is 5.11 Å². The number of hydrogen-bond donors (Lipinski definition) is 1. The zero-order valence-corrected chi connectivity index (χ0v) is 10.4. The van der Waals surface area contributed by atoms with Crippen LogP contribution in [0.5, 0.6) is 0 Å². The third kappa shape index (κ3) is 2.10. The molecule has 1 unspecified atom stereocenters. The summed E-state index contributed by atoms with van der Waals surface area (Å²) in [4.78, 5) is 0. The first kappa shape index (κ1) is 12.2. The maximum Gasteiger partial charge on any atom is 0.132 e. The number of halogens is 3. The Hall–Kier alpha value is -1.27. The summed E-state index contributed by atoms with van der Waals surface area (Å²) in [5.74, 6) is -1.57. The van der Waals surface area contributed by atoms with E-state index in [2.05, 4.69) is 21.0 Å². The summed E-state index contributed by atoms with van der Waals surface area (Å²) in [7, 11) is 1.59. The first-order valence-electron chi connectivity index (χ1n) is 4.81. The van der Waals surface area contributed by atoms with Crippen molar-refractivity contribution < 1.29 is 13.9 Å². The van der Waals surface area contributed by atoms with E-state index in [1.807, 2.05) is 0 Å². The third-order valence-electron chi connectivity index (χ3n) is 2.47. The van der Waals surface area contributed by atoms with E-state index in [-0.39, 0.29) is 5.56 Å². The lowest BCUT2D eigenvalue weighted by molar-refractivity contribution is 0.198. The van der Waals surface area contributed by atoms with Gasteiger partial charge >= 0.3 is 0 Å². The predicted molar refractivity (Wildman–Crippen MR) is 61.3 cm³/mol. The monoisotopic (exact) mass is 302 g/mol. The summed E-state index contributed by atoms with van der Waals surface area (Å²) < 4.78 is 28.9. The van der Waals surface area contributed by atoms with Crippen molar-refractivity contribution in [2.75, 3.05) is 0 Å². The van der Waals surface area contributed by atoms with E-state index in [9.17, 15) is 13.9 Å². The molecule has 0 aliphatic rings. The molecular formula is C11H9BrF2N2O. The summed E-state index contributed by atoms with van der Waals surface area (Å²) in [5.41, 5.74) is -0.0780. The minimum absolute atomic E-state index is 0.300. The van der Waals surface area contributed by atoms with Gasteiger partial charge in [-0.2, -0.15) is 5.10 Å². The number of aliphatic hydroxyl groups excluding tert-OH is 1. The van der Waals surface area contributed by atoms with Crippen LogP contribution >= 0.6 is 15.9 Å². The standard InChI is InChI=1S/C11H9BrF2N2O/c1-16-10(6(12)5-15-16)11(17)9-7(13)3-2-4-8(9)14/h2-5,11,17H,1H3. The number of aliphatic hydroxyl groups is 1. The Morgan fingerprint density at radius 2 is 1.94 bits per heavy atom. The summed E-state index contributed by atoms with van der Waals surface area (Å²) in [6.45, 7) is 0. The summed E-state index contributed by atoms with van der Waals surface area (Å²) >= 11 is 3.18. The molecule has 0 saturated heterocycles. The van der Waals surface area contributed by atoms with Crippen molar-refractivity contribution in [1.82, 2.24) is 9.78 Å². The van der Waals surface area contributed by atoms with Gasteiger partial charge in [0.25, 0.3) is 0 Å². The molecular weight excluding hydrogens is 294 g/mol. The van der Waals surface area contributed by atoms with Crippen molar-refractivity contribution in [3.63, 3.8) is 0 Å². The fourth-order valence-electron chi connectivity index (χ4n) is 1.64. The molecule has 0 amide bonds. The van der Waals surface area contributed by atoms with Gasteiger partial charge in [0.15, 0.2) is 0 Å². The van der Waals surface area contributed by atoms with E-state index in [1.54, 1.807) is 7.05 Å². The van der Waals surface area contributed by atoms with Crippen LogP contribution in [0.1, 0.15) is 17.4 Å². The molecule has 0 fully saturated rings. The van der Waals surface area contributed by atoms with Crippen LogP contribution in [0.4, 0.5) is 8.78 Å². The minimum atomic E-state index is -1.40. The Kier molecular flexibility index (Phi) is 3.26. The summed E-state index contributed by atoms with van der Waals surface area (Å²) in [6.07, 6.45) is 0.0511. The van der Waals surface area contributed by atoms with Crippen molar-refractivity contribution in [3.8, 4) is 0 Å². The molecule has 0 aliphatic heterocycles. The molecule has 1 aromatic carbocycles. The molecule has 0 saturated carbocycles. The molecule has 0 radical (unpaired) electrons. The maximum atomic E-state index is 13.5. The smallest absolute Gasteiger partial charge is 0.132 e. The van der Waals surface area contributed by atoms with E-state index in [1.165, 1.54) is 16.9 Å². The topological polar surface area (TPSA) is 38.0 Å². The predicted octanol–water partition coefficient (Wildman–Crippen LogP) is 2.54. The molecule has 1 aromatic heterocycles. The Labute approximate surface area is 105 Å².